The van der Waals surface area contributed by atoms with Crippen molar-refractivity contribution in [3.63, 3.8) is 0 Å². The lowest BCUT2D eigenvalue weighted by Gasteiger charge is -2.26. The monoisotopic (exact) mass is 278 g/mol. The number of hydrogen-bond donors (Lipinski definition) is 2. The molecule has 0 bridgehead atoms. The molecule has 1 aliphatic carbocycles. The number of urea groups is 1. The van der Waals surface area contributed by atoms with E-state index in [2.05, 4.69) is 10.6 Å². The van der Waals surface area contributed by atoms with Crippen LogP contribution in [0, 0.1) is 0 Å². The van der Waals surface area contributed by atoms with Crippen LogP contribution in [0.4, 0.5) is 4.79 Å². The molecule has 0 unspecified atom stereocenters. The number of carbonyl (C=O) groups excluding carboxylic acids is 1. The highest BCUT2D eigenvalue weighted by Gasteiger charge is 2.18. The molecule has 5 heteroatoms. The molecular formula is C15H22N2O3. The van der Waals surface area contributed by atoms with E-state index in [0.717, 1.165) is 29.9 Å². The third-order valence-electron chi connectivity index (χ3n) is 3.61. The van der Waals surface area contributed by atoms with Crippen LogP contribution in [0.2, 0.25) is 0 Å². The van der Waals surface area contributed by atoms with E-state index in [9.17, 15) is 4.79 Å². The van der Waals surface area contributed by atoms with E-state index in [-0.39, 0.29) is 6.03 Å². The normalized spacial score (nSPS) is 14.3. The smallest absolute Gasteiger partial charge is 0.315 e. The van der Waals surface area contributed by atoms with Crippen molar-refractivity contribution in [2.45, 2.75) is 31.7 Å². The van der Waals surface area contributed by atoms with Gasteiger partial charge in [-0.2, -0.15) is 0 Å². The lowest BCUT2D eigenvalue weighted by Crippen LogP contribution is -2.45. The minimum Gasteiger partial charge on any atom is -0.497 e. The summed E-state index contributed by atoms with van der Waals surface area (Å²) in [6.07, 6.45) is 4.11. The van der Waals surface area contributed by atoms with Crippen molar-refractivity contribution in [3.8, 4) is 11.5 Å². The number of carbonyl (C=O) groups is 1. The molecule has 1 fully saturated rings. The number of amides is 2. The van der Waals surface area contributed by atoms with E-state index in [4.69, 9.17) is 9.47 Å². The Bertz CT molecular complexity index is 458. The van der Waals surface area contributed by atoms with Gasteiger partial charge in [-0.25, -0.2) is 4.79 Å². The zero-order valence-corrected chi connectivity index (χ0v) is 12.1. The largest absolute Gasteiger partial charge is 0.497 e. The Kier molecular flexibility index (Phi) is 5.09. The quantitative estimate of drug-likeness (QED) is 0.837. The Morgan fingerprint density at radius 2 is 2.10 bits per heavy atom. The molecule has 2 amide bonds. The van der Waals surface area contributed by atoms with Crippen LogP contribution in [0.25, 0.3) is 0 Å². The van der Waals surface area contributed by atoms with Crippen LogP contribution in [-0.2, 0) is 6.42 Å². The average Bonchev–Trinajstić information content (AvgIpc) is 2.42. The summed E-state index contributed by atoms with van der Waals surface area (Å²) in [6, 6.07) is 5.95. The third kappa shape index (κ3) is 3.79. The fraction of sp³-hybridized carbons (Fsp3) is 0.533. The molecule has 1 aromatic carbocycles. The number of benzene rings is 1. The molecule has 0 atom stereocenters. The molecule has 2 rings (SSSR count). The second kappa shape index (κ2) is 7.03. The predicted octanol–water partition coefficient (Wildman–Crippen LogP) is 2.10. The molecule has 0 saturated heterocycles. The fourth-order valence-corrected chi connectivity index (χ4v) is 2.18. The lowest BCUT2D eigenvalue weighted by molar-refractivity contribution is 0.228. The summed E-state index contributed by atoms with van der Waals surface area (Å²) < 4.78 is 10.5. The zero-order valence-electron chi connectivity index (χ0n) is 12.1. The number of ether oxygens (including phenoxy) is 2. The first kappa shape index (κ1) is 14.5. The second-order valence-corrected chi connectivity index (χ2v) is 4.96. The van der Waals surface area contributed by atoms with Crippen molar-refractivity contribution < 1.29 is 14.3 Å². The van der Waals surface area contributed by atoms with E-state index < -0.39 is 0 Å². The summed E-state index contributed by atoms with van der Waals surface area (Å²) in [6.45, 7) is 0.572. The number of rotatable bonds is 6. The Morgan fingerprint density at radius 3 is 2.70 bits per heavy atom. The Balaban J connectivity index is 1.81. The zero-order chi connectivity index (χ0) is 14.4. The summed E-state index contributed by atoms with van der Waals surface area (Å²) in [4.78, 5) is 11.6. The van der Waals surface area contributed by atoms with Crippen LogP contribution < -0.4 is 20.1 Å². The molecule has 110 valence electrons. The summed E-state index contributed by atoms with van der Waals surface area (Å²) in [5, 5.41) is 5.82. The van der Waals surface area contributed by atoms with Gasteiger partial charge >= 0.3 is 6.03 Å². The SMILES string of the molecule is COc1ccc(OC)c(CCNC(=O)NC2CCC2)c1. The predicted molar refractivity (Wildman–Crippen MR) is 77.4 cm³/mol. The van der Waals surface area contributed by atoms with Crippen molar-refractivity contribution >= 4 is 6.03 Å². The van der Waals surface area contributed by atoms with Gasteiger partial charge in [-0.1, -0.05) is 0 Å². The van der Waals surface area contributed by atoms with Crippen LogP contribution in [0.5, 0.6) is 11.5 Å². The van der Waals surface area contributed by atoms with Gasteiger partial charge in [0, 0.05) is 12.6 Å². The summed E-state index contributed by atoms with van der Waals surface area (Å²) in [7, 11) is 3.28. The minimum atomic E-state index is -0.0865. The summed E-state index contributed by atoms with van der Waals surface area (Å²) >= 11 is 0. The molecular weight excluding hydrogens is 256 g/mol. The standard InChI is InChI=1S/C15H22N2O3/c1-19-13-6-7-14(20-2)11(10-13)8-9-16-15(18)17-12-4-3-5-12/h6-7,10,12H,3-5,8-9H2,1-2H3,(H2,16,17,18). The van der Waals surface area contributed by atoms with E-state index in [1.807, 2.05) is 18.2 Å². The van der Waals surface area contributed by atoms with Crippen LogP contribution in [0.1, 0.15) is 24.8 Å². The Hall–Kier alpha value is -1.91. The highest BCUT2D eigenvalue weighted by Crippen LogP contribution is 2.24. The molecule has 2 N–H and O–H groups in total. The molecule has 1 saturated carbocycles. The first-order valence-corrected chi connectivity index (χ1v) is 6.98. The van der Waals surface area contributed by atoms with Crippen molar-refractivity contribution in [1.29, 1.82) is 0 Å². The van der Waals surface area contributed by atoms with Crippen molar-refractivity contribution in [1.82, 2.24) is 10.6 Å². The number of nitrogens with one attached hydrogen (secondary N) is 2. The van der Waals surface area contributed by atoms with Crippen LogP contribution in [-0.4, -0.2) is 32.8 Å². The van der Waals surface area contributed by atoms with E-state index in [0.29, 0.717) is 19.0 Å². The van der Waals surface area contributed by atoms with Gasteiger partial charge in [-0.15, -0.1) is 0 Å². The highest BCUT2D eigenvalue weighted by molar-refractivity contribution is 5.74. The molecule has 0 radical (unpaired) electrons. The van der Waals surface area contributed by atoms with Gasteiger partial charge in [-0.05, 0) is 49.4 Å². The number of hydrogen-bond acceptors (Lipinski definition) is 3. The van der Waals surface area contributed by atoms with Gasteiger partial charge in [0.1, 0.15) is 11.5 Å². The summed E-state index contributed by atoms with van der Waals surface area (Å²) in [5.74, 6) is 1.60. The van der Waals surface area contributed by atoms with Crippen molar-refractivity contribution in [2.75, 3.05) is 20.8 Å². The van der Waals surface area contributed by atoms with E-state index in [1.165, 1.54) is 6.42 Å². The van der Waals surface area contributed by atoms with Gasteiger partial charge in [0.2, 0.25) is 0 Å². The number of methoxy groups -OCH3 is 2. The Labute approximate surface area is 119 Å². The average molecular weight is 278 g/mol. The van der Waals surface area contributed by atoms with Gasteiger partial charge in [0.15, 0.2) is 0 Å². The maximum absolute atomic E-state index is 11.6. The van der Waals surface area contributed by atoms with E-state index in [1.54, 1.807) is 14.2 Å². The van der Waals surface area contributed by atoms with Gasteiger partial charge in [-0.3, -0.25) is 0 Å². The van der Waals surface area contributed by atoms with Crippen molar-refractivity contribution in [3.05, 3.63) is 23.8 Å². The molecule has 0 heterocycles. The van der Waals surface area contributed by atoms with Crippen LogP contribution >= 0.6 is 0 Å². The second-order valence-electron chi connectivity index (χ2n) is 4.96. The molecule has 0 spiro atoms. The summed E-state index contributed by atoms with van der Waals surface area (Å²) in [5.41, 5.74) is 1.02. The first-order chi connectivity index (χ1) is 9.72. The first-order valence-electron chi connectivity index (χ1n) is 6.98. The molecule has 0 aliphatic heterocycles. The van der Waals surface area contributed by atoms with Crippen LogP contribution in [0.15, 0.2) is 18.2 Å². The lowest BCUT2D eigenvalue weighted by atomic mass is 9.93. The molecule has 5 nitrogen and oxygen atoms in total. The fourth-order valence-electron chi connectivity index (χ4n) is 2.18. The van der Waals surface area contributed by atoms with E-state index >= 15 is 0 Å². The Morgan fingerprint density at radius 1 is 1.30 bits per heavy atom. The molecule has 0 aromatic heterocycles. The maximum atomic E-state index is 11.6. The highest BCUT2D eigenvalue weighted by atomic mass is 16.5. The third-order valence-corrected chi connectivity index (χ3v) is 3.61. The minimum absolute atomic E-state index is 0.0865. The van der Waals surface area contributed by atoms with Gasteiger partial charge in [0.05, 0.1) is 14.2 Å². The topological polar surface area (TPSA) is 59.6 Å². The van der Waals surface area contributed by atoms with Crippen molar-refractivity contribution in [2.24, 2.45) is 0 Å². The van der Waals surface area contributed by atoms with Gasteiger partial charge in [0.25, 0.3) is 0 Å². The van der Waals surface area contributed by atoms with Crippen LogP contribution in [0.3, 0.4) is 0 Å². The molecule has 20 heavy (non-hydrogen) atoms. The molecule has 1 aliphatic rings. The maximum Gasteiger partial charge on any atom is 0.315 e. The van der Waals surface area contributed by atoms with Gasteiger partial charge < -0.3 is 20.1 Å². The molecule has 1 aromatic rings.